The van der Waals surface area contributed by atoms with E-state index >= 15 is 0 Å². The van der Waals surface area contributed by atoms with Crippen molar-refractivity contribution in [3.05, 3.63) is 35.4 Å². The van der Waals surface area contributed by atoms with Gasteiger partial charge in [0.15, 0.2) is 0 Å². The van der Waals surface area contributed by atoms with Crippen LogP contribution >= 0.6 is 22.9 Å². The third kappa shape index (κ3) is 2.43. The zero-order chi connectivity index (χ0) is 8.27. The number of benzene rings is 1. The summed E-state index contributed by atoms with van der Waals surface area (Å²) in [7, 11) is 0. The van der Waals surface area contributed by atoms with Gasteiger partial charge in [0, 0.05) is 22.9 Å². The summed E-state index contributed by atoms with van der Waals surface area (Å²) in [5.41, 5.74) is 2.06. The Kier molecular flexibility index (Phi) is 3.29. The summed E-state index contributed by atoms with van der Waals surface area (Å²) in [6, 6.07) is 7.78. The molecule has 1 rings (SSSR count). The Hall–Kier alpha value is -0.130. The van der Waals surface area contributed by atoms with Gasteiger partial charge in [-0.25, -0.2) is 3.53 Å². The van der Waals surface area contributed by atoms with Crippen molar-refractivity contribution in [1.29, 1.82) is 0 Å². The normalized spacial score (nSPS) is 13.0. The highest BCUT2D eigenvalue weighted by atomic mass is 127. The Labute approximate surface area is 80.1 Å². The lowest BCUT2D eigenvalue weighted by Gasteiger charge is -2.07. The molecule has 0 spiro atoms. The van der Waals surface area contributed by atoms with E-state index in [-0.39, 0.29) is 0 Å². The Morgan fingerprint density at radius 2 is 2.27 bits per heavy atom. The molecule has 0 amide bonds. The fourth-order valence-electron chi connectivity index (χ4n) is 0.903. The van der Waals surface area contributed by atoms with Crippen molar-refractivity contribution in [2.75, 3.05) is 0 Å². The fraction of sp³-hybridized carbons (Fsp3) is 0.250. The Balaban J connectivity index is 2.86. The zero-order valence-electron chi connectivity index (χ0n) is 6.21. The van der Waals surface area contributed by atoms with E-state index in [9.17, 15) is 5.11 Å². The molecule has 60 valence electrons. The predicted molar refractivity (Wildman–Crippen MR) is 53.3 cm³/mol. The molecule has 0 aliphatic rings. The Morgan fingerprint density at radius 3 is 2.82 bits per heavy atom. The second-order valence-corrected chi connectivity index (χ2v) is 3.05. The van der Waals surface area contributed by atoms with Crippen molar-refractivity contribution in [1.82, 2.24) is 3.53 Å². The second kappa shape index (κ2) is 4.04. The van der Waals surface area contributed by atoms with Crippen LogP contribution < -0.4 is 3.53 Å². The molecule has 3 heteroatoms. The highest BCUT2D eigenvalue weighted by Crippen LogP contribution is 2.12. The fourth-order valence-corrected chi connectivity index (χ4v) is 1.26. The molecule has 0 heterocycles. The summed E-state index contributed by atoms with van der Waals surface area (Å²) < 4.78 is 2.73. The quantitative estimate of drug-likeness (QED) is 0.485. The van der Waals surface area contributed by atoms with Gasteiger partial charge >= 0.3 is 0 Å². The topological polar surface area (TPSA) is 32.3 Å². The van der Waals surface area contributed by atoms with Gasteiger partial charge in [0.1, 0.15) is 6.23 Å². The lowest BCUT2D eigenvalue weighted by Crippen LogP contribution is -2.08. The number of halogens is 1. The first-order valence-corrected chi connectivity index (χ1v) is 4.42. The van der Waals surface area contributed by atoms with Crippen molar-refractivity contribution in [3.63, 3.8) is 0 Å². The standard InChI is InChI=1S/C8H10INO/c1-6-3-2-4-7(5-6)8(11)10-9/h2-5,8,10-11H,1H3. The molecule has 0 aliphatic carbocycles. The number of hydrogen-bond acceptors (Lipinski definition) is 2. The number of aliphatic hydroxyl groups is 1. The van der Waals surface area contributed by atoms with Crippen LogP contribution in [0.1, 0.15) is 17.4 Å². The number of nitrogens with one attached hydrogen (secondary N) is 1. The van der Waals surface area contributed by atoms with Crippen LogP contribution in [0.3, 0.4) is 0 Å². The van der Waals surface area contributed by atoms with Crippen LogP contribution in [-0.4, -0.2) is 5.11 Å². The van der Waals surface area contributed by atoms with Gasteiger partial charge in [-0.2, -0.15) is 0 Å². The summed E-state index contributed by atoms with van der Waals surface area (Å²) in [4.78, 5) is 0. The molecule has 1 aromatic rings. The van der Waals surface area contributed by atoms with E-state index in [1.54, 1.807) is 0 Å². The van der Waals surface area contributed by atoms with E-state index in [4.69, 9.17) is 0 Å². The molecule has 0 saturated carbocycles. The molecule has 2 nitrogen and oxygen atoms in total. The maximum absolute atomic E-state index is 9.34. The van der Waals surface area contributed by atoms with Crippen molar-refractivity contribution in [2.45, 2.75) is 13.2 Å². The summed E-state index contributed by atoms with van der Waals surface area (Å²) >= 11 is 1.93. The predicted octanol–water partition coefficient (Wildman–Crippen LogP) is 1.93. The van der Waals surface area contributed by atoms with Gasteiger partial charge in [-0.15, -0.1) is 0 Å². The van der Waals surface area contributed by atoms with E-state index in [1.807, 2.05) is 54.1 Å². The lowest BCUT2D eigenvalue weighted by atomic mass is 10.1. The van der Waals surface area contributed by atoms with Crippen LogP contribution in [0.5, 0.6) is 0 Å². The van der Waals surface area contributed by atoms with Gasteiger partial charge in [-0.1, -0.05) is 29.8 Å². The minimum Gasteiger partial charge on any atom is -0.374 e. The van der Waals surface area contributed by atoms with Crippen molar-refractivity contribution >= 4 is 22.9 Å². The average molecular weight is 263 g/mol. The van der Waals surface area contributed by atoms with E-state index in [0.717, 1.165) is 11.1 Å². The number of rotatable bonds is 2. The van der Waals surface area contributed by atoms with Crippen molar-refractivity contribution < 1.29 is 5.11 Å². The Morgan fingerprint density at radius 1 is 1.55 bits per heavy atom. The molecule has 0 bridgehead atoms. The molecule has 2 N–H and O–H groups in total. The van der Waals surface area contributed by atoms with Crippen LogP contribution in [0.25, 0.3) is 0 Å². The van der Waals surface area contributed by atoms with Gasteiger partial charge in [-0.3, -0.25) is 0 Å². The van der Waals surface area contributed by atoms with Crippen LogP contribution in [0.2, 0.25) is 0 Å². The molecule has 1 unspecified atom stereocenters. The number of aliphatic hydroxyl groups excluding tert-OH is 1. The van der Waals surface area contributed by atoms with Crippen LogP contribution in [0.4, 0.5) is 0 Å². The summed E-state index contributed by atoms with van der Waals surface area (Å²) in [5.74, 6) is 0. The van der Waals surface area contributed by atoms with E-state index in [2.05, 4.69) is 3.53 Å². The molecule has 0 radical (unpaired) electrons. The largest absolute Gasteiger partial charge is 0.374 e. The molecule has 1 atom stereocenters. The molecule has 0 aliphatic heterocycles. The smallest absolute Gasteiger partial charge is 0.139 e. The first kappa shape index (κ1) is 8.96. The molecule has 0 fully saturated rings. The third-order valence-corrected chi connectivity index (χ3v) is 2.05. The summed E-state index contributed by atoms with van der Waals surface area (Å²) in [6.45, 7) is 2.00. The van der Waals surface area contributed by atoms with Gasteiger partial charge in [0.25, 0.3) is 0 Å². The van der Waals surface area contributed by atoms with Gasteiger partial charge < -0.3 is 5.11 Å². The van der Waals surface area contributed by atoms with Gasteiger partial charge in [0.2, 0.25) is 0 Å². The molecule has 1 aromatic carbocycles. The maximum atomic E-state index is 9.34. The monoisotopic (exact) mass is 263 g/mol. The molecular formula is C8H10INO. The molecule has 11 heavy (non-hydrogen) atoms. The molecule has 0 aromatic heterocycles. The average Bonchev–Trinajstić information content (AvgIpc) is 2.03. The summed E-state index contributed by atoms with van der Waals surface area (Å²) in [6.07, 6.45) is -0.560. The lowest BCUT2D eigenvalue weighted by molar-refractivity contribution is 0.175. The van der Waals surface area contributed by atoms with Crippen LogP contribution in [0.15, 0.2) is 24.3 Å². The second-order valence-electron chi connectivity index (χ2n) is 2.43. The first-order chi connectivity index (χ1) is 5.24. The van der Waals surface area contributed by atoms with Crippen molar-refractivity contribution in [3.8, 4) is 0 Å². The van der Waals surface area contributed by atoms with Gasteiger partial charge in [0.05, 0.1) is 0 Å². The zero-order valence-corrected chi connectivity index (χ0v) is 8.37. The maximum Gasteiger partial charge on any atom is 0.139 e. The summed E-state index contributed by atoms with van der Waals surface area (Å²) in [5, 5.41) is 9.34. The highest BCUT2D eigenvalue weighted by Gasteiger charge is 2.02. The number of aryl methyl sites for hydroxylation is 1. The van der Waals surface area contributed by atoms with Crippen LogP contribution in [0, 0.1) is 6.92 Å². The third-order valence-electron chi connectivity index (χ3n) is 1.46. The Bertz CT molecular complexity index is 239. The SMILES string of the molecule is Cc1cccc(C(O)NI)c1. The molecule has 0 saturated heterocycles. The van der Waals surface area contributed by atoms with Crippen molar-refractivity contribution in [2.24, 2.45) is 0 Å². The first-order valence-electron chi connectivity index (χ1n) is 3.35. The van der Waals surface area contributed by atoms with E-state index in [0.29, 0.717) is 0 Å². The van der Waals surface area contributed by atoms with E-state index < -0.39 is 6.23 Å². The highest BCUT2D eigenvalue weighted by molar-refractivity contribution is 14.1. The van der Waals surface area contributed by atoms with Crippen LogP contribution in [-0.2, 0) is 0 Å². The van der Waals surface area contributed by atoms with E-state index in [1.165, 1.54) is 0 Å². The number of hydrogen-bond donors (Lipinski definition) is 2. The minimum absolute atomic E-state index is 0.560. The molecular weight excluding hydrogens is 253 g/mol. The van der Waals surface area contributed by atoms with Gasteiger partial charge in [-0.05, 0) is 12.5 Å². The minimum atomic E-state index is -0.560.